The van der Waals surface area contributed by atoms with E-state index in [9.17, 15) is 4.79 Å². The van der Waals surface area contributed by atoms with Gasteiger partial charge in [-0.3, -0.25) is 4.79 Å². The number of ether oxygens (including phenoxy) is 3. The number of methoxy groups -OCH3 is 2. The number of hydrogen-bond acceptors (Lipinski definition) is 8. The maximum absolute atomic E-state index is 12.6. The van der Waals surface area contributed by atoms with Crippen molar-refractivity contribution >= 4 is 28.3 Å². The second-order valence-corrected chi connectivity index (χ2v) is 7.70. The van der Waals surface area contributed by atoms with E-state index < -0.39 is 0 Å². The van der Waals surface area contributed by atoms with E-state index in [0.29, 0.717) is 41.4 Å². The van der Waals surface area contributed by atoms with Crippen LogP contribution in [0.3, 0.4) is 0 Å². The molecular formula is C21H21N3O5S. The van der Waals surface area contributed by atoms with Crippen LogP contribution in [0, 0.1) is 6.92 Å². The largest absolute Gasteiger partial charge is 0.493 e. The summed E-state index contributed by atoms with van der Waals surface area (Å²) in [5, 5.41) is 7.51. The average molecular weight is 427 g/mol. The van der Waals surface area contributed by atoms with Gasteiger partial charge in [-0.1, -0.05) is 11.2 Å². The highest BCUT2D eigenvalue weighted by molar-refractivity contribution is 7.17. The lowest BCUT2D eigenvalue weighted by Crippen LogP contribution is -2.09. The summed E-state index contributed by atoms with van der Waals surface area (Å²) < 4.78 is 21.5. The third-order valence-corrected chi connectivity index (χ3v) is 5.75. The fourth-order valence-corrected chi connectivity index (χ4v) is 4.41. The number of nitrogens with zero attached hydrogens (tertiary/aromatic N) is 2. The van der Waals surface area contributed by atoms with Crippen molar-refractivity contribution in [3.05, 3.63) is 46.1 Å². The Morgan fingerprint density at radius 2 is 2.10 bits per heavy atom. The summed E-state index contributed by atoms with van der Waals surface area (Å²) in [6.07, 6.45) is 3.92. The van der Waals surface area contributed by atoms with Crippen LogP contribution in [0.25, 0.3) is 17.5 Å². The van der Waals surface area contributed by atoms with Gasteiger partial charge >= 0.3 is 0 Å². The number of thiophene rings is 1. The molecule has 1 amide bonds. The summed E-state index contributed by atoms with van der Waals surface area (Å²) in [6.45, 7) is 2.90. The Bertz CT molecular complexity index is 1100. The first-order valence-corrected chi connectivity index (χ1v) is 10.1. The minimum Gasteiger partial charge on any atom is -0.493 e. The van der Waals surface area contributed by atoms with E-state index in [1.807, 2.05) is 6.07 Å². The molecule has 0 saturated carbocycles. The number of carbonyl (C=O) groups excluding carboxylic acids is 1. The molecule has 3 aromatic rings. The maximum Gasteiger partial charge on any atom is 0.261 e. The first-order valence-electron chi connectivity index (χ1n) is 9.33. The van der Waals surface area contributed by atoms with Crippen LogP contribution in [-0.2, 0) is 22.6 Å². The van der Waals surface area contributed by atoms with Gasteiger partial charge < -0.3 is 24.1 Å². The van der Waals surface area contributed by atoms with Crippen LogP contribution in [0.2, 0.25) is 0 Å². The van der Waals surface area contributed by atoms with E-state index >= 15 is 0 Å². The van der Waals surface area contributed by atoms with Gasteiger partial charge in [-0.05, 0) is 42.7 Å². The van der Waals surface area contributed by atoms with E-state index in [4.69, 9.17) is 18.7 Å². The summed E-state index contributed by atoms with van der Waals surface area (Å²) in [5.41, 5.74) is 2.69. The molecule has 0 spiro atoms. The van der Waals surface area contributed by atoms with Crippen molar-refractivity contribution in [1.29, 1.82) is 0 Å². The summed E-state index contributed by atoms with van der Waals surface area (Å²) in [7, 11) is 3.15. The molecule has 0 unspecified atom stereocenters. The molecule has 30 heavy (non-hydrogen) atoms. The number of fused-ring (bicyclic) bond motifs is 1. The molecule has 156 valence electrons. The molecule has 3 heterocycles. The Kier molecular flexibility index (Phi) is 5.82. The van der Waals surface area contributed by atoms with Gasteiger partial charge in [0.2, 0.25) is 5.91 Å². The molecular weight excluding hydrogens is 406 g/mol. The number of hydrogen-bond donors (Lipinski definition) is 1. The normalized spacial score (nSPS) is 13.3. The zero-order valence-corrected chi connectivity index (χ0v) is 17.7. The molecule has 0 atom stereocenters. The van der Waals surface area contributed by atoms with Gasteiger partial charge in [0.25, 0.3) is 5.89 Å². The molecule has 9 heteroatoms. The Balaban J connectivity index is 1.58. The van der Waals surface area contributed by atoms with Crippen LogP contribution in [-0.4, -0.2) is 36.9 Å². The Hall–Kier alpha value is -3.17. The molecule has 1 aliphatic heterocycles. The van der Waals surface area contributed by atoms with Crippen molar-refractivity contribution < 1.29 is 23.5 Å². The van der Waals surface area contributed by atoms with Gasteiger partial charge in [-0.25, -0.2) is 0 Å². The van der Waals surface area contributed by atoms with Gasteiger partial charge in [0.15, 0.2) is 17.3 Å². The van der Waals surface area contributed by atoms with Crippen molar-refractivity contribution in [2.45, 2.75) is 20.0 Å². The number of nitrogens with one attached hydrogen (secondary N) is 1. The Morgan fingerprint density at radius 3 is 2.83 bits per heavy atom. The van der Waals surface area contributed by atoms with E-state index in [1.165, 1.54) is 17.4 Å². The topological polar surface area (TPSA) is 95.7 Å². The van der Waals surface area contributed by atoms with Gasteiger partial charge in [0.05, 0.1) is 33.0 Å². The predicted molar refractivity (Wildman–Crippen MR) is 113 cm³/mol. The van der Waals surface area contributed by atoms with Crippen molar-refractivity contribution in [2.24, 2.45) is 0 Å². The smallest absolute Gasteiger partial charge is 0.261 e. The lowest BCUT2D eigenvalue weighted by atomic mass is 10.1. The first kappa shape index (κ1) is 20.1. The molecule has 0 bridgehead atoms. The van der Waals surface area contributed by atoms with Crippen LogP contribution in [0.1, 0.15) is 21.8 Å². The molecule has 2 aromatic heterocycles. The van der Waals surface area contributed by atoms with Crippen LogP contribution in [0.5, 0.6) is 11.5 Å². The van der Waals surface area contributed by atoms with Crippen LogP contribution >= 0.6 is 11.3 Å². The van der Waals surface area contributed by atoms with Crippen molar-refractivity contribution in [2.75, 3.05) is 26.1 Å². The molecule has 4 rings (SSSR count). The predicted octanol–water partition coefficient (Wildman–Crippen LogP) is 3.85. The molecule has 1 N–H and O–H groups in total. The average Bonchev–Trinajstić information content (AvgIpc) is 3.34. The zero-order chi connectivity index (χ0) is 21.1. The minimum absolute atomic E-state index is 0.262. The lowest BCUT2D eigenvalue weighted by Gasteiger charge is -2.12. The Morgan fingerprint density at radius 1 is 1.27 bits per heavy atom. The van der Waals surface area contributed by atoms with Crippen molar-refractivity contribution in [3.8, 4) is 23.0 Å². The summed E-state index contributed by atoms with van der Waals surface area (Å²) in [4.78, 5) is 18.0. The molecule has 0 radical (unpaired) electrons. The highest BCUT2D eigenvalue weighted by Crippen LogP contribution is 2.42. The third-order valence-electron chi connectivity index (χ3n) is 4.63. The second-order valence-electron chi connectivity index (χ2n) is 6.59. The second kappa shape index (κ2) is 8.68. The maximum atomic E-state index is 12.6. The number of carbonyl (C=O) groups is 1. The Labute approximate surface area is 177 Å². The van der Waals surface area contributed by atoms with Gasteiger partial charge in [-0.2, -0.15) is 4.98 Å². The number of benzene rings is 1. The van der Waals surface area contributed by atoms with Crippen LogP contribution in [0.15, 0.2) is 28.8 Å². The highest BCUT2D eigenvalue weighted by Gasteiger charge is 2.26. The van der Waals surface area contributed by atoms with E-state index in [2.05, 4.69) is 15.5 Å². The summed E-state index contributed by atoms with van der Waals surface area (Å²) in [6, 6.07) is 5.44. The monoisotopic (exact) mass is 427 g/mol. The van der Waals surface area contributed by atoms with Crippen molar-refractivity contribution in [3.63, 3.8) is 0 Å². The lowest BCUT2D eigenvalue weighted by molar-refractivity contribution is -0.111. The number of aryl methyl sites for hydroxylation is 1. The zero-order valence-electron chi connectivity index (χ0n) is 16.9. The fourth-order valence-electron chi connectivity index (χ4n) is 3.23. The van der Waals surface area contributed by atoms with E-state index in [1.54, 1.807) is 39.4 Å². The number of amides is 1. The third kappa shape index (κ3) is 4.07. The number of anilines is 1. The number of aromatic nitrogens is 2. The standard InChI is InChI=1S/C21H21N3O5S/c1-12-22-20(29-24-12)19-14-8-9-28-11-17(14)30-21(19)23-18(25)7-5-13-4-6-15(26-2)16(10-13)27-3/h4-7,10H,8-9,11H2,1-3H3,(H,23,25). The first-order chi connectivity index (χ1) is 14.6. The van der Waals surface area contributed by atoms with Gasteiger partial charge in [0.1, 0.15) is 5.00 Å². The summed E-state index contributed by atoms with van der Waals surface area (Å²) >= 11 is 1.47. The van der Waals surface area contributed by atoms with E-state index in [0.717, 1.165) is 28.0 Å². The van der Waals surface area contributed by atoms with Crippen molar-refractivity contribution in [1.82, 2.24) is 10.1 Å². The SMILES string of the molecule is COc1ccc(C=CC(=O)Nc2sc3c(c2-c2nc(C)no2)CCOC3)cc1OC. The molecule has 0 saturated heterocycles. The molecule has 1 aromatic carbocycles. The number of rotatable bonds is 6. The molecule has 0 fully saturated rings. The van der Waals surface area contributed by atoms with Crippen LogP contribution in [0.4, 0.5) is 5.00 Å². The molecule has 0 aliphatic carbocycles. The van der Waals surface area contributed by atoms with E-state index in [-0.39, 0.29) is 5.91 Å². The van der Waals surface area contributed by atoms with Crippen LogP contribution < -0.4 is 14.8 Å². The molecule has 8 nitrogen and oxygen atoms in total. The fraction of sp³-hybridized carbons (Fsp3) is 0.286. The van der Waals surface area contributed by atoms with Gasteiger partial charge in [-0.15, -0.1) is 11.3 Å². The molecule has 1 aliphatic rings. The quantitative estimate of drug-likeness (QED) is 0.597. The van der Waals surface area contributed by atoms with Gasteiger partial charge in [0, 0.05) is 11.0 Å². The highest BCUT2D eigenvalue weighted by atomic mass is 32.1. The minimum atomic E-state index is -0.262. The summed E-state index contributed by atoms with van der Waals surface area (Å²) in [5.74, 6) is 1.92.